The summed E-state index contributed by atoms with van der Waals surface area (Å²) in [6, 6.07) is 5.64. The number of benzene rings is 1. The van der Waals surface area contributed by atoms with Crippen molar-refractivity contribution in [1.82, 2.24) is 10.2 Å². The van der Waals surface area contributed by atoms with E-state index in [4.69, 9.17) is 9.15 Å². The minimum Gasteiger partial charge on any atom is -0.469 e. The van der Waals surface area contributed by atoms with E-state index in [1.165, 1.54) is 0 Å². The average Bonchev–Trinajstić information content (AvgIpc) is 3.11. The van der Waals surface area contributed by atoms with Crippen LogP contribution in [0.15, 0.2) is 39.9 Å². The lowest BCUT2D eigenvalue weighted by Gasteiger charge is -2.22. The van der Waals surface area contributed by atoms with Crippen molar-refractivity contribution in [2.24, 2.45) is 4.99 Å². The predicted molar refractivity (Wildman–Crippen MR) is 92.4 cm³/mol. The molecule has 0 radical (unpaired) electrons. The number of hydrogen-bond acceptors (Lipinski definition) is 3. The highest BCUT2D eigenvalue weighted by Gasteiger charge is 2.13. The topological polar surface area (TPSA) is 50.0 Å². The van der Waals surface area contributed by atoms with Crippen LogP contribution in [0.1, 0.15) is 11.3 Å². The maximum atomic E-state index is 13.4. The minimum atomic E-state index is -1.47. The highest BCUT2D eigenvalue weighted by Crippen LogP contribution is 2.15. The van der Waals surface area contributed by atoms with Crippen molar-refractivity contribution in [2.45, 2.75) is 13.0 Å². The van der Waals surface area contributed by atoms with Gasteiger partial charge in [-0.05, 0) is 29.8 Å². The lowest BCUT2D eigenvalue weighted by Crippen LogP contribution is -2.39. The molecule has 0 aliphatic heterocycles. The molecule has 26 heavy (non-hydrogen) atoms. The number of guanidine groups is 1. The highest BCUT2D eigenvalue weighted by molar-refractivity contribution is 5.79. The number of ether oxygens (including phenoxy) is 1. The molecule has 142 valence electrons. The first kappa shape index (κ1) is 19.8. The quantitative estimate of drug-likeness (QED) is 0.336. The monoisotopic (exact) mass is 369 g/mol. The van der Waals surface area contributed by atoms with E-state index in [0.717, 1.165) is 17.9 Å². The van der Waals surface area contributed by atoms with Gasteiger partial charge in [0.15, 0.2) is 23.4 Å². The molecular formula is C18H22F3N3O2. The van der Waals surface area contributed by atoms with E-state index >= 15 is 0 Å². The predicted octanol–water partition coefficient (Wildman–Crippen LogP) is 2.96. The second-order valence-corrected chi connectivity index (χ2v) is 5.68. The van der Waals surface area contributed by atoms with Gasteiger partial charge in [-0.25, -0.2) is 13.2 Å². The Morgan fingerprint density at radius 1 is 1.27 bits per heavy atom. The summed E-state index contributed by atoms with van der Waals surface area (Å²) in [5, 5.41) is 3.18. The number of nitrogens with one attached hydrogen (secondary N) is 1. The zero-order valence-electron chi connectivity index (χ0n) is 14.8. The van der Waals surface area contributed by atoms with Crippen LogP contribution in [-0.2, 0) is 17.7 Å². The molecular weight excluding hydrogens is 347 g/mol. The fourth-order valence-corrected chi connectivity index (χ4v) is 2.35. The van der Waals surface area contributed by atoms with Crippen LogP contribution >= 0.6 is 0 Å². The van der Waals surface area contributed by atoms with Gasteiger partial charge in [0, 0.05) is 33.7 Å². The summed E-state index contributed by atoms with van der Waals surface area (Å²) in [7, 11) is 3.30. The van der Waals surface area contributed by atoms with Crippen molar-refractivity contribution < 1.29 is 22.3 Å². The Labute approximate surface area is 150 Å². The molecule has 0 saturated carbocycles. The van der Waals surface area contributed by atoms with Crippen LogP contribution in [-0.4, -0.2) is 44.7 Å². The van der Waals surface area contributed by atoms with Crippen molar-refractivity contribution in [1.29, 1.82) is 0 Å². The van der Waals surface area contributed by atoms with Crippen LogP contribution in [0.25, 0.3) is 0 Å². The maximum Gasteiger partial charge on any atom is 0.194 e. The number of methoxy groups -OCH3 is 1. The molecule has 0 amide bonds. The molecule has 1 aromatic heterocycles. The lowest BCUT2D eigenvalue weighted by molar-refractivity contribution is 0.207. The molecule has 0 bridgehead atoms. The molecule has 0 spiro atoms. The van der Waals surface area contributed by atoms with E-state index in [9.17, 15) is 13.2 Å². The van der Waals surface area contributed by atoms with Crippen LogP contribution in [0.3, 0.4) is 0 Å². The van der Waals surface area contributed by atoms with Gasteiger partial charge in [-0.3, -0.25) is 4.99 Å². The van der Waals surface area contributed by atoms with Crippen LogP contribution in [0.2, 0.25) is 0 Å². The van der Waals surface area contributed by atoms with Crippen molar-refractivity contribution in [3.63, 3.8) is 0 Å². The van der Waals surface area contributed by atoms with Crippen molar-refractivity contribution in [3.05, 3.63) is 59.3 Å². The largest absolute Gasteiger partial charge is 0.469 e. The van der Waals surface area contributed by atoms with E-state index in [0.29, 0.717) is 37.6 Å². The van der Waals surface area contributed by atoms with E-state index in [1.807, 2.05) is 12.1 Å². The van der Waals surface area contributed by atoms with Crippen LogP contribution in [0.5, 0.6) is 0 Å². The molecule has 1 heterocycles. The molecule has 1 N–H and O–H groups in total. The number of nitrogens with zero attached hydrogens (tertiary/aromatic N) is 2. The summed E-state index contributed by atoms with van der Waals surface area (Å²) in [5.74, 6) is -2.52. The van der Waals surface area contributed by atoms with Crippen molar-refractivity contribution in [2.75, 3.05) is 33.9 Å². The Morgan fingerprint density at radius 2 is 2.00 bits per heavy atom. The standard InChI is InChI=1S/C18H22F3N3O2/c1-24(12-13-10-15(19)17(21)16(20)11-13)18(23-7-9-25-2)22-6-5-14-4-3-8-26-14/h3-4,8,10-11H,5-7,9,12H2,1-2H3,(H,22,23). The van der Waals surface area contributed by atoms with E-state index < -0.39 is 17.5 Å². The molecule has 0 atom stereocenters. The average molecular weight is 369 g/mol. The van der Waals surface area contributed by atoms with Gasteiger partial charge in [0.2, 0.25) is 0 Å². The smallest absolute Gasteiger partial charge is 0.194 e. The summed E-state index contributed by atoms with van der Waals surface area (Å²) in [4.78, 5) is 6.10. The SMILES string of the molecule is COCCN=C(NCCc1ccco1)N(C)Cc1cc(F)c(F)c(F)c1. The number of hydrogen-bond donors (Lipinski definition) is 1. The number of furan rings is 1. The summed E-state index contributed by atoms with van der Waals surface area (Å²) >= 11 is 0. The molecule has 0 aliphatic carbocycles. The van der Waals surface area contributed by atoms with Crippen LogP contribution in [0.4, 0.5) is 13.2 Å². The summed E-state index contributed by atoms with van der Waals surface area (Å²) in [6.07, 6.45) is 2.26. The van der Waals surface area contributed by atoms with Gasteiger partial charge in [0.25, 0.3) is 0 Å². The van der Waals surface area contributed by atoms with Crippen molar-refractivity contribution >= 4 is 5.96 Å². The molecule has 2 rings (SSSR count). The van der Waals surface area contributed by atoms with E-state index in [-0.39, 0.29) is 6.54 Å². The summed E-state index contributed by atoms with van der Waals surface area (Å²) in [5.41, 5.74) is 0.302. The Bertz CT molecular complexity index is 697. The molecule has 1 aromatic carbocycles. The fourth-order valence-electron chi connectivity index (χ4n) is 2.35. The zero-order chi connectivity index (χ0) is 18.9. The number of rotatable bonds is 8. The normalized spacial score (nSPS) is 11.7. The third-order valence-corrected chi connectivity index (χ3v) is 3.62. The third kappa shape index (κ3) is 5.80. The van der Waals surface area contributed by atoms with Gasteiger partial charge in [-0.15, -0.1) is 0 Å². The maximum absolute atomic E-state index is 13.4. The van der Waals surface area contributed by atoms with Gasteiger partial charge in [0.1, 0.15) is 5.76 Å². The van der Waals surface area contributed by atoms with E-state index in [2.05, 4.69) is 10.3 Å². The molecule has 5 nitrogen and oxygen atoms in total. The molecule has 0 unspecified atom stereocenters. The van der Waals surface area contributed by atoms with Crippen LogP contribution in [0, 0.1) is 17.5 Å². The number of aliphatic imine (C=N–C) groups is 1. The Kier molecular flexibility index (Phi) is 7.53. The lowest BCUT2D eigenvalue weighted by atomic mass is 10.2. The Morgan fingerprint density at radius 3 is 2.62 bits per heavy atom. The Balaban J connectivity index is 2.01. The van der Waals surface area contributed by atoms with Gasteiger partial charge in [0.05, 0.1) is 19.4 Å². The minimum absolute atomic E-state index is 0.160. The van der Waals surface area contributed by atoms with Crippen LogP contribution < -0.4 is 5.32 Å². The molecule has 0 aliphatic rings. The van der Waals surface area contributed by atoms with Gasteiger partial charge in [-0.2, -0.15) is 0 Å². The number of halogens is 3. The first-order chi connectivity index (χ1) is 12.5. The summed E-state index contributed by atoms with van der Waals surface area (Å²) < 4.78 is 50.1. The van der Waals surface area contributed by atoms with Gasteiger partial charge >= 0.3 is 0 Å². The molecule has 0 fully saturated rings. The first-order valence-electron chi connectivity index (χ1n) is 8.15. The highest BCUT2D eigenvalue weighted by atomic mass is 19.2. The second-order valence-electron chi connectivity index (χ2n) is 5.68. The molecule has 0 saturated heterocycles. The second kappa shape index (κ2) is 9.86. The first-order valence-corrected chi connectivity index (χ1v) is 8.15. The summed E-state index contributed by atoms with van der Waals surface area (Å²) in [6.45, 7) is 1.59. The molecule has 8 heteroatoms. The van der Waals surface area contributed by atoms with Gasteiger partial charge < -0.3 is 19.4 Å². The Hall–Kier alpha value is -2.48. The third-order valence-electron chi connectivity index (χ3n) is 3.62. The molecule has 2 aromatic rings. The van der Waals surface area contributed by atoms with E-state index in [1.54, 1.807) is 25.3 Å². The van der Waals surface area contributed by atoms with Crippen molar-refractivity contribution in [3.8, 4) is 0 Å². The fraction of sp³-hybridized carbons (Fsp3) is 0.389. The van der Waals surface area contributed by atoms with Gasteiger partial charge in [-0.1, -0.05) is 0 Å². The zero-order valence-corrected chi connectivity index (χ0v) is 14.8.